The largest absolute Gasteiger partial charge is 0.573 e. The Labute approximate surface area is 270 Å². The summed E-state index contributed by atoms with van der Waals surface area (Å²) in [5.74, 6) is -0.785. The van der Waals surface area contributed by atoms with Crippen molar-refractivity contribution in [1.82, 2.24) is 9.58 Å². The van der Waals surface area contributed by atoms with Crippen molar-refractivity contribution in [2.24, 2.45) is 0 Å². The van der Waals surface area contributed by atoms with Gasteiger partial charge in [-0.25, -0.2) is 0 Å². The Kier molecular flexibility index (Phi) is 7.07. The highest BCUT2D eigenvalue weighted by Crippen LogP contribution is 2.51. The number of pyridine rings is 1. The minimum atomic E-state index is -4.87. The molecule has 1 amide bonds. The van der Waals surface area contributed by atoms with E-state index in [2.05, 4.69) is 4.74 Å². The number of hydrogen-bond donors (Lipinski definition) is 0. The first-order valence-corrected chi connectivity index (χ1v) is 15.8. The van der Waals surface area contributed by atoms with Crippen molar-refractivity contribution < 1.29 is 32.2 Å². The van der Waals surface area contributed by atoms with Gasteiger partial charge in [-0.05, 0) is 51.4 Å². The zero-order chi connectivity index (χ0) is 32.3. The Morgan fingerprint density at radius 2 is 1.68 bits per heavy atom. The van der Waals surface area contributed by atoms with Crippen LogP contribution in [0.3, 0.4) is 0 Å². The van der Waals surface area contributed by atoms with Crippen molar-refractivity contribution in [3.8, 4) is 33.1 Å². The summed E-state index contributed by atoms with van der Waals surface area (Å²) in [7, 11) is 0. The van der Waals surface area contributed by atoms with E-state index in [0.29, 0.717) is 17.7 Å². The highest BCUT2D eigenvalue weighted by atomic mass is 32.1. The van der Waals surface area contributed by atoms with Crippen LogP contribution in [0, 0.1) is 0 Å². The molecule has 0 spiro atoms. The first-order chi connectivity index (χ1) is 22.8. The van der Waals surface area contributed by atoms with Crippen LogP contribution in [-0.2, 0) is 11.3 Å². The molecule has 1 unspecified atom stereocenters. The minimum Gasteiger partial charge on any atom is -0.482 e. The summed E-state index contributed by atoms with van der Waals surface area (Å²) in [5.41, 5.74) is 4.26. The Morgan fingerprint density at radius 3 is 2.51 bits per heavy atom. The lowest BCUT2D eigenvalue weighted by Crippen LogP contribution is -2.66. The van der Waals surface area contributed by atoms with Crippen LogP contribution in [0.4, 0.5) is 13.2 Å². The number of carbonyl (C=O) groups excluding carboxylic acids is 1. The van der Waals surface area contributed by atoms with Crippen LogP contribution in [0.25, 0.3) is 21.6 Å². The monoisotopic (exact) mass is 657 g/mol. The smallest absolute Gasteiger partial charge is 0.482 e. The number of rotatable bonds is 5. The SMILES string of the molecule is O=C1c2c(OCc3ccccc3)c(=O)ccn2N(C2c3ccc(OC(F)(F)F)cc3-c3ccsc3-c3ccccc32)[C@@H]2COCCN12. The quantitative estimate of drug-likeness (QED) is 0.213. The van der Waals surface area contributed by atoms with Gasteiger partial charge in [-0.2, -0.15) is 0 Å². The van der Waals surface area contributed by atoms with E-state index in [-0.39, 0.29) is 42.9 Å². The Bertz CT molecular complexity index is 2060. The zero-order valence-electron chi connectivity index (χ0n) is 24.6. The van der Waals surface area contributed by atoms with E-state index in [0.717, 1.165) is 27.1 Å². The minimum absolute atomic E-state index is 0.0710. The van der Waals surface area contributed by atoms with Crippen LogP contribution in [0.2, 0.25) is 0 Å². The van der Waals surface area contributed by atoms with Gasteiger partial charge in [0, 0.05) is 29.2 Å². The third-order valence-electron chi connectivity index (χ3n) is 8.65. The number of aromatic nitrogens is 1. The van der Waals surface area contributed by atoms with E-state index in [4.69, 9.17) is 9.47 Å². The molecule has 2 atom stereocenters. The number of benzene rings is 3. The van der Waals surface area contributed by atoms with Gasteiger partial charge in [0.15, 0.2) is 11.4 Å². The molecular formula is C35H26F3N3O5S. The van der Waals surface area contributed by atoms with Crippen LogP contribution in [0.15, 0.2) is 101 Å². The number of carbonyl (C=O) groups is 1. The standard InChI is InChI=1S/C35H26F3N3O5S/c36-35(37,38)46-22-10-11-24-27(18-22)26-13-17-47-33(26)25-9-5-4-8-23(25)30(24)41-29-20-44-16-15-39(29)34(43)31-32(28(42)12-14-40(31)41)45-19-21-6-2-1-3-7-21/h1-14,17-18,29-30H,15-16,19-20H2/t29-,30?/m1/s1. The van der Waals surface area contributed by atoms with Gasteiger partial charge in [-0.15, -0.1) is 24.5 Å². The van der Waals surface area contributed by atoms with Crippen LogP contribution in [0.5, 0.6) is 11.5 Å². The number of hydrogen-bond acceptors (Lipinski definition) is 7. The molecule has 8 rings (SSSR count). The molecule has 5 aromatic rings. The van der Waals surface area contributed by atoms with Crippen molar-refractivity contribution in [1.29, 1.82) is 0 Å². The topological polar surface area (TPSA) is 73.2 Å². The molecule has 3 aliphatic rings. The molecule has 1 aliphatic carbocycles. The predicted molar refractivity (Wildman–Crippen MR) is 169 cm³/mol. The third-order valence-corrected chi connectivity index (χ3v) is 9.60. The molecule has 1 saturated heterocycles. The van der Waals surface area contributed by atoms with Crippen molar-refractivity contribution >= 4 is 17.2 Å². The number of ether oxygens (including phenoxy) is 3. The fraction of sp³-hybridized carbons (Fsp3) is 0.200. The first-order valence-electron chi connectivity index (χ1n) is 14.9. The van der Waals surface area contributed by atoms with Gasteiger partial charge >= 0.3 is 6.36 Å². The molecular weight excluding hydrogens is 631 g/mol. The molecule has 2 aliphatic heterocycles. The Balaban J connectivity index is 1.36. The molecule has 47 heavy (non-hydrogen) atoms. The van der Waals surface area contributed by atoms with Crippen molar-refractivity contribution in [3.63, 3.8) is 0 Å². The second kappa shape index (κ2) is 11.3. The van der Waals surface area contributed by atoms with Gasteiger partial charge in [0.25, 0.3) is 5.91 Å². The average Bonchev–Trinajstić information content (AvgIpc) is 3.52. The molecule has 238 valence electrons. The second-order valence-electron chi connectivity index (χ2n) is 11.4. The zero-order valence-corrected chi connectivity index (χ0v) is 25.5. The summed E-state index contributed by atoms with van der Waals surface area (Å²) >= 11 is 1.49. The lowest BCUT2D eigenvalue weighted by Gasteiger charge is -2.51. The van der Waals surface area contributed by atoms with Gasteiger partial charge in [-0.3, -0.25) is 19.3 Å². The average molecular weight is 658 g/mol. The lowest BCUT2D eigenvalue weighted by molar-refractivity contribution is -0.274. The molecule has 0 radical (unpaired) electrons. The summed E-state index contributed by atoms with van der Waals surface area (Å²) in [6, 6.07) is 24.1. The van der Waals surface area contributed by atoms with Gasteiger partial charge in [-0.1, -0.05) is 60.7 Å². The number of morpholine rings is 1. The molecule has 3 aromatic carbocycles. The summed E-state index contributed by atoms with van der Waals surface area (Å²) in [5, 5.41) is 3.89. The summed E-state index contributed by atoms with van der Waals surface area (Å²) in [6.07, 6.45) is -3.92. The molecule has 1 fully saturated rings. The summed E-state index contributed by atoms with van der Waals surface area (Å²) in [6.45, 7) is 0.821. The lowest BCUT2D eigenvalue weighted by atomic mass is 9.92. The molecule has 8 nitrogen and oxygen atoms in total. The molecule has 0 saturated carbocycles. The highest BCUT2D eigenvalue weighted by Gasteiger charge is 2.46. The maximum atomic E-state index is 14.2. The van der Waals surface area contributed by atoms with Gasteiger partial charge < -0.3 is 19.1 Å². The maximum Gasteiger partial charge on any atom is 0.573 e. The molecule has 0 bridgehead atoms. The van der Waals surface area contributed by atoms with E-state index in [1.54, 1.807) is 21.8 Å². The normalized spacial score (nSPS) is 18.3. The molecule has 0 N–H and O–H groups in total. The van der Waals surface area contributed by atoms with E-state index < -0.39 is 24.0 Å². The first kappa shape index (κ1) is 29.3. The maximum absolute atomic E-state index is 14.2. The van der Waals surface area contributed by atoms with Crippen molar-refractivity contribution in [2.75, 3.05) is 24.8 Å². The number of amides is 1. The number of thiophene rings is 1. The van der Waals surface area contributed by atoms with Crippen molar-refractivity contribution in [3.05, 3.63) is 129 Å². The fourth-order valence-corrected chi connectivity index (χ4v) is 7.68. The number of nitrogens with zero attached hydrogens (tertiary/aromatic N) is 3. The Hall–Kier alpha value is -5.07. The molecule has 2 aromatic heterocycles. The third kappa shape index (κ3) is 5.04. The van der Waals surface area contributed by atoms with Crippen LogP contribution < -0.4 is 19.9 Å². The van der Waals surface area contributed by atoms with Crippen LogP contribution in [-0.4, -0.2) is 47.8 Å². The molecule has 12 heteroatoms. The van der Waals surface area contributed by atoms with E-state index in [1.165, 1.54) is 29.5 Å². The summed E-state index contributed by atoms with van der Waals surface area (Å²) in [4.78, 5) is 30.2. The fourth-order valence-electron chi connectivity index (χ4n) is 6.72. The number of alkyl halides is 3. The molecule has 4 heterocycles. The van der Waals surface area contributed by atoms with E-state index >= 15 is 0 Å². The number of fused-ring (bicyclic) bond motifs is 7. The van der Waals surface area contributed by atoms with Crippen molar-refractivity contribution in [2.45, 2.75) is 25.2 Å². The van der Waals surface area contributed by atoms with Crippen LogP contribution >= 0.6 is 11.3 Å². The van der Waals surface area contributed by atoms with Crippen LogP contribution in [0.1, 0.15) is 33.2 Å². The summed E-state index contributed by atoms with van der Waals surface area (Å²) < 4.78 is 58.2. The van der Waals surface area contributed by atoms with Gasteiger partial charge in [0.2, 0.25) is 5.43 Å². The second-order valence-corrected chi connectivity index (χ2v) is 12.3. The van der Waals surface area contributed by atoms with Gasteiger partial charge in [0.1, 0.15) is 18.5 Å². The van der Waals surface area contributed by atoms with E-state index in [1.807, 2.05) is 71.1 Å². The highest BCUT2D eigenvalue weighted by molar-refractivity contribution is 7.14. The van der Waals surface area contributed by atoms with Gasteiger partial charge in [0.05, 0.1) is 19.3 Å². The Morgan fingerprint density at radius 1 is 0.894 bits per heavy atom. The predicted octanol–water partition coefficient (Wildman–Crippen LogP) is 6.57. The number of halogens is 3. The van der Waals surface area contributed by atoms with E-state index in [9.17, 15) is 22.8 Å².